The molecule has 15 heavy (non-hydrogen) atoms. The molecular formula is C11H12N4. The van der Waals surface area contributed by atoms with Crippen LogP contribution < -0.4 is 5.73 Å². The molecule has 0 radical (unpaired) electrons. The van der Waals surface area contributed by atoms with Gasteiger partial charge in [0.05, 0.1) is 17.9 Å². The highest BCUT2D eigenvalue weighted by Crippen LogP contribution is 2.35. The summed E-state index contributed by atoms with van der Waals surface area (Å²) < 4.78 is 2.01. The third-order valence-corrected chi connectivity index (χ3v) is 2.60. The second kappa shape index (κ2) is 3.08. The van der Waals surface area contributed by atoms with Gasteiger partial charge >= 0.3 is 0 Å². The number of rotatable bonds is 2. The zero-order valence-electron chi connectivity index (χ0n) is 8.30. The first-order valence-corrected chi connectivity index (χ1v) is 5.09. The van der Waals surface area contributed by atoms with Crippen molar-refractivity contribution >= 4 is 5.69 Å². The van der Waals surface area contributed by atoms with Crippen molar-refractivity contribution < 1.29 is 0 Å². The maximum atomic E-state index is 5.71. The Bertz CT molecular complexity index is 485. The third kappa shape index (κ3) is 1.58. The summed E-state index contributed by atoms with van der Waals surface area (Å²) in [4.78, 5) is 4.27. The van der Waals surface area contributed by atoms with E-state index in [1.165, 1.54) is 12.8 Å². The van der Waals surface area contributed by atoms with Gasteiger partial charge in [-0.25, -0.2) is 0 Å². The van der Waals surface area contributed by atoms with Crippen LogP contribution in [0.4, 0.5) is 5.69 Å². The van der Waals surface area contributed by atoms with Crippen molar-refractivity contribution in [3.05, 3.63) is 30.7 Å². The van der Waals surface area contributed by atoms with Crippen LogP contribution in [0.5, 0.6) is 0 Å². The predicted molar refractivity (Wildman–Crippen MR) is 58.1 cm³/mol. The molecule has 2 aromatic heterocycles. The molecule has 0 spiro atoms. The number of nitrogens with zero attached hydrogens (tertiary/aromatic N) is 3. The van der Waals surface area contributed by atoms with Crippen molar-refractivity contribution in [2.45, 2.75) is 18.9 Å². The highest BCUT2D eigenvalue weighted by atomic mass is 15.3. The summed E-state index contributed by atoms with van der Waals surface area (Å²) in [6.45, 7) is 0. The van der Waals surface area contributed by atoms with Crippen LogP contribution in [-0.4, -0.2) is 14.8 Å². The zero-order chi connectivity index (χ0) is 10.3. The number of anilines is 1. The number of aromatic nitrogens is 3. The Morgan fingerprint density at radius 2 is 2.27 bits per heavy atom. The van der Waals surface area contributed by atoms with Crippen molar-refractivity contribution in [3.8, 4) is 11.3 Å². The Balaban J connectivity index is 1.97. The Labute approximate surface area is 87.7 Å². The summed E-state index contributed by atoms with van der Waals surface area (Å²) in [7, 11) is 0. The van der Waals surface area contributed by atoms with Crippen LogP contribution in [-0.2, 0) is 0 Å². The largest absolute Gasteiger partial charge is 0.399 e. The maximum Gasteiger partial charge on any atom is 0.0753 e. The van der Waals surface area contributed by atoms with E-state index in [9.17, 15) is 0 Å². The average Bonchev–Trinajstić information content (AvgIpc) is 2.97. The molecule has 76 valence electrons. The second-order valence-electron chi connectivity index (χ2n) is 3.91. The molecule has 1 aliphatic rings. The van der Waals surface area contributed by atoms with Crippen molar-refractivity contribution in [2.75, 3.05) is 5.73 Å². The molecule has 4 heteroatoms. The van der Waals surface area contributed by atoms with Crippen LogP contribution in [0.3, 0.4) is 0 Å². The molecule has 0 saturated heterocycles. The number of pyridine rings is 1. The topological polar surface area (TPSA) is 56.7 Å². The highest BCUT2D eigenvalue weighted by Gasteiger charge is 2.24. The fraction of sp³-hybridized carbons (Fsp3) is 0.273. The van der Waals surface area contributed by atoms with E-state index in [0.29, 0.717) is 6.04 Å². The first kappa shape index (κ1) is 8.47. The lowest BCUT2D eigenvalue weighted by molar-refractivity contribution is 0.642. The summed E-state index contributed by atoms with van der Waals surface area (Å²) >= 11 is 0. The normalized spacial score (nSPS) is 15.5. The molecule has 0 unspecified atom stereocenters. The van der Waals surface area contributed by atoms with Crippen molar-refractivity contribution in [2.24, 2.45) is 0 Å². The second-order valence-corrected chi connectivity index (χ2v) is 3.91. The number of hydrogen-bond donors (Lipinski definition) is 1. The van der Waals surface area contributed by atoms with Crippen molar-refractivity contribution in [1.82, 2.24) is 14.8 Å². The number of nitrogen functional groups attached to an aromatic ring is 1. The van der Waals surface area contributed by atoms with E-state index < -0.39 is 0 Å². The molecule has 0 aliphatic heterocycles. The van der Waals surface area contributed by atoms with Crippen LogP contribution in [0.15, 0.2) is 30.7 Å². The van der Waals surface area contributed by atoms with Crippen LogP contribution in [0, 0.1) is 0 Å². The van der Waals surface area contributed by atoms with E-state index in [4.69, 9.17) is 5.73 Å². The van der Waals surface area contributed by atoms with Gasteiger partial charge in [-0.2, -0.15) is 5.10 Å². The van der Waals surface area contributed by atoms with Crippen LogP contribution in [0.2, 0.25) is 0 Å². The Morgan fingerprint density at radius 3 is 3.00 bits per heavy atom. The summed E-state index contributed by atoms with van der Waals surface area (Å²) in [6, 6.07) is 4.27. The zero-order valence-corrected chi connectivity index (χ0v) is 8.30. The van der Waals surface area contributed by atoms with E-state index in [0.717, 1.165) is 16.9 Å². The van der Waals surface area contributed by atoms with Crippen LogP contribution in [0.1, 0.15) is 18.9 Å². The lowest BCUT2D eigenvalue weighted by atomic mass is 10.2. The van der Waals surface area contributed by atoms with E-state index >= 15 is 0 Å². The first-order valence-electron chi connectivity index (χ1n) is 5.09. The maximum absolute atomic E-state index is 5.71. The van der Waals surface area contributed by atoms with Gasteiger partial charge < -0.3 is 5.73 Å². The fourth-order valence-electron chi connectivity index (χ4n) is 1.61. The molecule has 1 fully saturated rings. The third-order valence-electron chi connectivity index (χ3n) is 2.60. The lowest BCUT2D eigenvalue weighted by Crippen LogP contribution is -1.92. The SMILES string of the molecule is Nc1ccnc(-c2cnn(C3CC3)c2)c1. The quantitative estimate of drug-likeness (QED) is 0.805. The number of nitrogens with two attached hydrogens (primary N) is 1. The molecule has 2 N–H and O–H groups in total. The van der Waals surface area contributed by atoms with Gasteiger partial charge in [-0.15, -0.1) is 0 Å². The van der Waals surface area contributed by atoms with Gasteiger partial charge in [0.2, 0.25) is 0 Å². The fourth-order valence-corrected chi connectivity index (χ4v) is 1.61. The van der Waals surface area contributed by atoms with E-state index in [1.807, 2.05) is 23.1 Å². The van der Waals surface area contributed by atoms with Gasteiger partial charge in [0.1, 0.15) is 0 Å². The summed E-state index contributed by atoms with van der Waals surface area (Å²) in [5.74, 6) is 0. The molecule has 0 bridgehead atoms. The average molecular weight is 200 g/mol. The minimum Gasteiger partial charge on any atom is -0.399 e. The van der Waals surface area contributed by atoms with E-state index in [-0.39, 0.29) is 0 Å². The molecule has 0 atom stereocenters. The van der Waals surface area contributed by atoms with Gasteiger partial charge in [0, 0.05) is 23.6 Å². The Hall–Kier alpha value is -1.84. The summed E-state index contributed by atoms with van der Waals surface area (Å²) in [6.07, 6.45) is 8.09. The van der Waals surface area contributed by atoms with E-state index in [1.54, 1.807) is 12.3 Å². The van der Waals surface area contributed by atoms with Gasteiger partial charge in [-0.05, 0) is 25.0 Å². The Kier molecular flexibility index (Phi) is 1.74. The van der Waals surface area contributed by atoms with Gasteiger partial charge in [-0.3, -0.25) is 9.67 Å². The molecule has 0 amide bonds. The van der Waals surface area contributed by atoms with Gasteiger partial charge in [-0.1, -0.05) is 0 Å². The molecule has 4 nitrogen and oxygen atoms in total. The molecule has 1 saturated carbocycles. The monoisotopic (exact) mass is 200 g/mol. The smallest absolute Gasteiger partial charge is 0.0753 e. The van der Waals surface area contributed by atoms with Crippen molar-refractivity contribution in [3.63, 3.8) is 0 Å². The first-order chi connectivity index (χ1) is 7.33. The minimum atomic E-state index is 0.611. The van der Waals surface area contributed by atoms with Crippen molar-refractivity contribution in [1.29, 1.82) is 0 Å². The molecular weight excluding hydrogens is 188 g/mol. The molecule has 2 aromatic rings. The summed E-state index contributed by atoms with van der Waals surface area (Å²) in [5, 5.41) is 4.32. The molecule has 0 aromatic carbocycles. The molecule has 1 aliphatic carbocycles. The van der Waals surface area contributed by atoms with Crippen LogP contribution >= 0.6 is 0 Å². The lowest BCUT2D eigenvalue weighted by Gasteiger charge is -1.97. The predicted octanol–water partition coefficient (Wildman–Crippen LogP) is 1.86. The Morgan fingerprint density at radius 1 is 1.40 bits per heavy atom. The molecule has 3 rings (SSSR count). The summed E-state index contributed by atoms with van der Waals surface area (Å²) in [5.41, 5.74) is 8.37. The minimum absolute atomic E-state index is 0.611. The number of hydrogen-bond acceptors (Lipinski definition) is 3. The van der Waals surface area contributed by atoms with Gasteiger partial charge in [0.15, 0.2) is 0 Å². The molecule has 2 heterocycles. The van der Waals surface area contributed by atoms with E-state index in [2.05, 4.69) is 10.1 Å². The standard InChI is InChI=1S/C11H12N4/c12-9-3-4-13-11(5-9)8-6-14-15(7-8)10-1-2-10/h3-7,10H,1-2H2,(H2,12,13). The van der Waals surface area contributed by atoms with Crippen LogP contribution in [0.25, 0.3) is 11.3 Å². The highest BCUT2D eigenvalue weighted by molar-refractivity contribution is 5.61. The van der Waals surface area contributed by atoms with Gasteiger partial charge in [0.25, 0.3) is 0 Å².